The van der Waals surface area contributed by atoms with Crippen molar-refractivity contribution in [2.24, 2.45) is 26.6 Å². The van der Waals surface area contributed by atoms with Crippen LogP contribution in [0.1, 0.15) is 32.3 Å². The van der Waals surface area contributed by atoms with Gasteiger partial charge in [0.05, 0.1) is 24.8 Å². The fourth-order valence-electron chi connectivity index (χ4n) is 4.43. The lowest BCUT2D eigenvalue weighted by atomic mass is 9.70. The molecule has 1 amide bonds. The third-order valence-corrected chi connectivity index (χ3v) is 6.00. The number of aliphatic imine (C=N–C) groups is 3. The van der Waals surface area contributed by atoms with Crippen molar-refractivity contribution in [3.8, 4) is 0 Å². The number of nitrogens with zero attached hydrogens (tertiary/aromatic N) is 3. The summed E-state index contributed by atoms with van der Waals surface area (Å²) in [6.45, 7) is 4.85. The number of carbonyl (C=O) groups is 1. The Morgan fingerprint density at radius 2 is 2.23 bits per heavy atom. The van der Waals surface area contributed by atoms with Gasteiger partial charge in [-0.3, -0.25) is 9.79 Å². The first-order valence-electron chi connectivity index (χ1n) is 11.0. The van der Waals surface area contributed by atoms with Crippen LogP contribution in [0.4, 0.5) is 18.9 Å². The van der Waals surface area contributed by atoms with Gasteiger partial charge in [-0.15, -0.1) is 0 Å². The van der Waals surface area contributed by atoms with Gasteiger partial charge in [0.2, 0.25) is 6.86 Å². The number of carbonyl (C=O) groups excluding carboxylic acids is 1. The molecule has 1 fully saturated rings. The van der Waals surface area contributed by atoms with Crippen LogP contribution in [0.3, 0.4) is 0 Å². The van der Waals surface area contributed by atoms with Gasteiger partial charge in [-0.25, -0.2) is 23.2 Å². The minimum atomic E-state index is -1.71. The van der Waals surface area contributed by atoms with Crippen LogP contribution < -0.4 is 11.1 Å². The first-order chi connectivity index (χ1) is 16.8. The van der Waals surface area contributed by atoms with Crippen molar-refractivity contribution in [2.75, 3.05) is 25.5 Å². The van der Waals surface area contributed by atoms with Gasteiger partial charge in [0.1, 0.15) is 29.8 Å². The second-order valence-electron chi connectivity index (χ2n) is 8.02. The van der Waals surface area contributed by atoms with Crippen LogP contribution >= 0.6 is 0 Å². The van der Waals surface area contributed by atoms with Crippen LogP contribution in [0.15, 0.2) is 45.1 Å². The molecule has 0 saturated carbocycles. The molecule has 2 heterocycles. The van der Waals surface area contributed by atoms with E-state index in [0.29, 0.717) is 19.4 Å². The number of alkyl halides is 2. The maximum atomic E-state index is 15.2. The quantitative estimate of drug-likeness (QED) is 0.326. The summed E-state index contributed by atoms with van der Waals surface area (Å²) in [5.74, 6) is -2.12. The normalized spacial score (nSPS) is 26.8. The molecule has 1 aromatic rings. The highest BCUT2D eigenvalue weighted by atomic mass is 19.1. The maximum Gasteiger partial charge on any atom is 0.283 e. The molecule has 0 unspecified atom stereocenters. The fourth-order valence-corrected chi connectivity index (χ4v) is 4.43. The molecule has 0 aliphatic carbocycles. The Morgan fingerprint density at radius 1 is 1.46 bits per heavy atom. The lowest BCUT2D eigenvalue weighted by Gasteiger charge is -2.49. The van der Waals surface area contributed by atoms with Gasteiger partial charge in [0.15, 0.2) is 5.90 Å². The van der Waals surface area contributed by atoms with E-state index in [2.05, 4.69) is 31.7 Å². The lowest BCUT2D eigenvalue weighted by Crippen LogP contribution is -2.58. The van der Waals surface area contributed by atoms with Gasteiger partial charge in [-0.2, -0.15) is 0 Å². The van der Waals surface area contributed by atoms with Crippen LogP contribution in [-0.2, 0) is 24.5 Å². The number of rotatable bonds is 8. The van der Waals surface area contributed by atoms with Crippen molar-refractivity contribution in [2.45, 2.75) is 44.4 Å². The second-order valence-corrected chi connectivity index (χ2v) is 8.02. The summed E-state index contributed by atoms with van der Waals surface area (Å²) in [4.78, 5) is 24.3. The van der Waals surface area contributed by atoms with Crippen molar-refractivity contribution in [3.05, 3.63) is 41.5 Å². The van der Waals surface area contributed by atoms with E-state index in [9.17, 15) is 13.6 Å². The summed E-state index contributed by atoms with van der Waals surface area (Å²) >= 11 is 0. The Morgan fingerprint density at radius 3 is 2.89 bits per heavy atom. The number of nitrogens with two attached hydrogens (primary N) is 1. The van der Waals surface area contributed by atoms with E-state index in [-0.39, 0.29) is 28.9 Å². The van der Waals surface area contributed by atoms with Gasteiger partial charge in [-0.05, 0) is 31.3 Å². The number of nitrogens with one attached hydrogen (secondary N) is 1. The van der Waals surface area contributed by atoms with Crippen LogP contribution in [0, 0.1) is 11.7 Å². The number of ether oxygens (including phenoxy) is 3. The molecule has 3 rings (SSSR count). The maximum absolute atomic E-state index is 15.2. The van der Waals surface area contributed by atoms with Crippen LogP contribution in [0.2, 0.25) is 0 Å². The molecule has 190 valence electrons. The molecule has 2 aliphatic rings. The largest absolute Gasteiger partial charge is 0.462 e. The number of hydrogen-bond donors (Lipinski definition) is 2. The molecule has 0 bridgehead atoms. The van der Waals surface area contributed by atoms with Crippen molar-refractivity contribution in [3.63, 3.8) is 0 Å². The Kier molecular flexibility index (Phi) is 8.49. The van der Waals surface area contributed by atoms with Crippen molar-refractivity contribution >= 4 is 30.2 Å². The first kappa shape index (κ1) is 26.2. The molecule has 1 saturated heterocycles. The molecule has 12 heteroatoms. The molecule has 0 radical (unpaired) electrons. The minimum Gasteiger partial charge on any atom is -0.462 e. The highest BCUT2D eigenvalue weighted by Crippen LogP contribution is 2.47. The van der Waals surface area contributed by atoms with E-state index >= 15 is 4.39 Å². The third-order valence-electron chi connectivity index (χ3n) is 6.00. The van der Waals surface area contributed by atoms with E-state index in [1.807, 2.05) is 6.92 Å². The number of hydrogen-bond acceptors (Lipinski definition) is 8. The lowest BCUT2D eigenvalue weighted by molar-refractivity contribution is -0.129. The van der Waals surface area contributed by atoms with Crippen LogP contribution in [-0.4, -0.2) is 56.9 Å². The smallest absolute Gasteiger partial charge is 0.283 e. The Balaban J connectivity index is 1.99. The molecule has 3 N–H and O–H groups in total. The highest BCUT2D eigenvalue weighted by Gasteiger charge is 2.55. The monoisotopic (exact) mass is 495 g/mol. The zero-order chi connectivity index (χ0) is 25.6. The molecule has 2 aliphatic heterocycles. The molecule has 9 nitrogen and oxygen atoms in total. The van der Waals surface area contributed by atoms with Crippen molar-refractivity contribution < 1.29 is 32.2 Å². The molecule has 35 heavy (non-hydrogen) atoms. The molecular weight excluding hydrogens is 467 g/mol. The minimum absolute atomic E-state index is 0.0277. The molecule has 4 atom stereocenters. The van der Waals surface area contributed by atoms with Gasteiger partial charge in [-0.1, -0.05) is 6.92 Å². The summed E-state index contributed by atoms with van der Waals surface area (Å²) in [6.07, 6.45) is 1.07. The third kappa shape index (κ3) is 5.47. The predicted octanol–water partition coefficient (Wildman–Crippen LogP) is 3.36. The van der Waals surface area contributed by atoms with E-state index in [0.717, 1.165) is 12.3 Å². The van der Waals surface area contributed by atoms with Crippen LogP contribution in [0.25, 0.3) is 0 Å². The van der Waals surface area contributed by atoms with E-state index in [1.165, 1.54) is 19.1 Å². The summed E-state index contributed by atoms with van der Waals surface area (Å²) < 4.78 is 58.3. The number of halogens is 3. The molecule has 1 aromatic carbocycles. The van der Waals surface area contributed by atoms with E-state index in [1.54, 1.807) is 0 Å². The number of anilines is 1. The summed E-state index contributed by atoms with van der Waals surface area (Å²) in [7, 11) is 0. The Bertz CT molecular complexity index is 1050. The zero-order valence-corrected chi connectivity index (χ0v) is 19.5. The first-order valence-corrected chi connectivity index (χ1v) is 11.0. The zero-order valence-electron chi connectivity index (χ0n) is 19.5. The summed E-state index contributed by atoms with van der Waals surface area (Å²) in [6, 6.07) is 3.47. The van der Waals surface area contributed by atoms with E-state index in [4.69, 9.17) is 15.2 Å². The Labute approximate surface area is 201 Å². The average Bonchev–Trinajstić information content (AvgIpc) is 2.84. The van der Waals surface area contributed by atoms with E-state index < -0.39 is 48.9 Å². The van der Waals surface area contributed by atoms with Crippen molar-refractivity contribution in [1.82, 2.24) is 0 Å². The SMILES string of the molecule is C=N/C(=C\N=C(/C)OCF)C(=O)Nc1ccc(F)c([C@@]2(CF)N=C(N)O[C@@H]3CCO[C@@H](CC)[C@@H]32)c1. The van der Waals surface area contributed by atoms with Crippen LogP contribution in [0.5, 0.6) is 0 Å². The number of benzene rings is 1. The second kappa shape index (κ2) is 11.3. The van der Waals surface area contributed by atoms with Gasteiger partial charge in [0, 0.05) is 24.6 Å². The van der Waals surface area contributed by atoms with Gasteiger partial charge in [0.25, 0.3) is 11.9 Å². The van der Waals surface area contributed by atoms with Gasteiger partial charge < -0.3 is 25.3 Å². The number of amidine groups is 1. The van der Waals surface area contributed by atoms with Crippen molar-refractivity contribution in [1.29, 1.82) is 0 Å². The molecular formula is C23H28F3N5O4. The number of amides is 1. The highest BCUT2D eigenvalue weighted by molar-refractivity contribution is 6.04. The molecule has 0 spiro atoms. The number of fused-ring (bicyclic) bond motifs is 1. The Hall–Kier alpha value is -3.41. The average molecular weight is 496 g/mol. The fraction of sp³-hybridized carbons (Fsp3) is 0.478. The summed E-state index contributed by atoms with van der Waals surface area (Å²) in [5, 5.41) is 2.55. The van der Waals surface area contributed by atoms with Gasteiger partial charge >= 0.3 is 0 Å². The molecule has 0 aromatic heterocycles. The predicted molar refractivity (Wildman–Crippen MR) is 125 cm³/mol. The topological polar surface area (TPSA) is 120 Å². The standard InChI is InChI=1S/C23H28F3N5O4/c1-4-18-20-19(7-8-33-18)35-22(27)31-23(20,11-24)15-9-14(5-6-16(15)26)30-21(32)17(28-3)10-29-13(2)34-12-25/h5-6,9-10,18-20H,3-4,7-8,11-12H2,1-2H3,(H2,27,31)(H,30,32)/b17-10-,29-13+/t18-,19+,20-,23+/m0/s1. The summed E-state index contributed by atoms with van der Waals surface area (Å²) in [5.41, 5.74) is 4.02.